The molecule has 1 aliphatic rings. The van der Waals surface area contributed by atoms with Crippen LogP contribution in [0, 0.1) is 11.8 Å². The van der Waals surface area contributed by atoms with Gasteiger partial charge in [-0.15, -0.1) is 0 Å². The van der Waals surface area contributed by atoms with E-state index in [1.54, 1.807) is 6.92 Å². The topological polar surface area (TPSA) is 49.4 Å². The number of carbonyl (C=O) groups is 2. The largest absolute Gasteiger partial charge is 0.326 e. The Bertz CT molecular complexity index is 844. The number of likely N-dealkylation sites (tertiary alicyclic amines) is 1. The van der Waals surface area contributed by atoms with Gasteiger partial charge in [-0.25, -0.2) is 0 Å². The van der Waals surface area contributed by atoms with Gasteiger partial charge in [0, 0.05) is 24.2 Å². The molecule has 0 radical (unpaired) electrons. The number of rotatable bonds is 7. The van der Waals surface area contributed by atoms with E-state index in [9.17, 15) is 9.59 Å². The zero-order valence-corrected chi connectivity index (χ0v) is 17.8. The highest BCUT2D eigenvalue weighted by molar-refractivity contribution is 6.01. The first-order valence-electron chi connectivity index (χ1n) is 10.7. The highest BCUT2D eigenvalue weighted by Gasteiger charge is 2.27. The van der Waals surface area contributed by atoms with Gasteiger partial charge < -0.3 is 10.2 Å². The van der Waals surface area contributed by atoms with E-state index in [0.29, 0.717) is 23.8 Å². The summed E-state index contributed by atoms with van der Waals surface area (Å²) in [5, 5.41) is 3.05. The second kappa shape index (κ2) is 9.84. The number of amides is 1. The van der Waals surface area contributed by atoms with Crippen molar-refractivity contribution in [1.29, 1.82) is 0 Å². The number of hydrogen-bond donors (Lipinski definition) is 1. The Balaban J connectivity index is 1.62. The van der Waals surface area contributed by atoms with Crippen LogP contribution in [0.25, 0.3) is 11.1 Å². The quantitative estimate of drug-likeness (QED) is 0.655. The molecule has 2 aromatic rings. The summed E-state index contributed by atoms with van der Waals surface area (Å²) in [5.74, 6) is 1.13. The Morgan fingerprint density at radius 3 is 2.52 bits per heavy atom. The highest BCUT2D eigenvalue weighted by Crippen LogP contribution is 2.28. The summed E-state index contributed by atoms with van der Waals surface area (Å²) in [4.78, 5) is 27.0. The zero-order valence-electron chi connectivity index (χ0n) is 17.8. The SMILES string of the molecule is CCCN1CCC(C)C(CC(=O)Nc2ccc(-c3ccccc3C(C)=O)cc2)C1. The minimum Gasteiger partial charge on any atom is -0.326 e. The lowest BCUT2D eigenvalue weighted by molar-refractivity contribution is -0.118. The number of nitrogens with one attached hydrogen (secondary N) is 1. The zero-order chi connectivity index (χ0) is 20.8. The number of ketones is 1. The predicted octanol–water partition coefficient (Wildman–Crippen LogP) is 5.25. The van der Waals surface area contributed by atoms with Crippen molar-refractivity contribution in [2.75, 3.05) is 25.0 Å². The molecule has 1 N–H and O–H groups in total. The maximum absolute atomic E-state index is 12.6. The number of carbonyl (C=O) groups excluding carboxylic acids is 2. The van der Waals surface area contributed by atoms with Gasteiger partial charge in [-0.3, -0.25) is 9.59 Å². The van der Waals surface area contributed by atoms with Gasteiger partial charge in [0.05, 0.1) is 0 Å². The summed E-state index contributed by atoms with van der Waals surface area (Å²) in [6.07, 6.45) is 2.89. The maximum Gasteiger partial charge on any atom is 0.224 e. The lowest BCUT2D eigenvalue weighted by atomic mass is 9.84. The van der Waals surface area contributed by atoms with Crippen molar-refractivity contribution in [1.82, 2.24) is 4.90 Å². The van der Waals surface area contributed by atoms with Crippen LogP contribution < -0.4 is 5.32 Å². The third kappa shape index (κ3) is 5.54. The Kier molecular flexibility index (Phi) is 7.21. The molecule has 2 atom stereocenters. The second-order valence-corrected chi connectivity index (χ2v) is 8.26. The van der Waals surface area contributed by atoms with Crippen molar-refractivity contribution < 1.29 is 9.59 Å². The van der Waals surface area contributed by atoms with Crippen LogP contribution in [0.4, 0.5) is 5.69 Å². The normalized spacial score (nSPS) is 19.7. The molecule has 3 rings (SSSR count). The van der Waals surface area contributed by atoms with Gasteiger partial charge >= 0.3 is 0 Å². The molecule has 2 unspecified atom stereocenters. The molecule has 29 heavy (non-hydrogen) atoms. The molecule has 1 fully saturated rings. The molecular weight excluding hydrogens is 360 g/mol. The molecule has 1 saturated heterocycles. The molecule has 0 saturated carbocycles. The Labute approximate surface area is 174 Å². The van der Waals surface area contributed by atoms with Gasteiger partial charge in [-0.1, -0.05) is 50.2 Å². The first kappa shape index (κ1) is 21.3. The average molecular weight is 393 g/mol. The van der Waals surface area contributed by atoms with Crippen molar-refractivity contribution in [3.05, 3.63) is 54.1 Å². The molecule has 2 aromatic carbocycles. The van der Waals surface area contributed by atoms with Crippen LogP contribution in [0.2, 0.25) is 0 Å². The van der Waals surface area contributed by atoms with Crippen LogP contribution in [0.3, 0.4) is 0 Å². The first-order valence-corrected chi connectivity index (χ1v) is 10.7. The fraction of sp³-hybridized carbons (Fsp3) is 0.440. The summed E-state index contributed by atoms with van der Waals surface area (Å²) in [7, 11) is 0. The Morgan fingerprint density at radius 1 is 1.10 bits per heavy atom. The maximum atomic E-state index is 12.6. The third-order valence-corrected chi connectivity index (χ3v) is 5.97. The van der Waals surface area contributed by atoms with Crippen LogP contribution in [-0.2, 0) is 4.79 Å². The van der Waals surface area contributed by atoms with E-state index in [4.69, 9.17) is 0 Å². The highest BCUT2D eigenvalue weighted by atomic mass is 16.1. The predicted molar refractivity (Wildman–Crippen MR) is 119 cm³/mol. The van der Waals surface area contributed by atoms with Crippen molar-refractivity contribution >= 4 is 17.4 Å². The smallest absolute Gasteiger partial charge is 0.224 e. The molecule has 1 amide bonds. The summed E-state index contributed by atoms with van der Waals surface area (Å²) in [6, 6.07) is 15.4. The average Bonchev–Trinajstić information content (AvgIpc) is 2.71. The summed E-state index contributed by atoms with van der Waals surface area (Å²) in [5.41, 5.74) is 3.41. The molecule has 4 heteroatoms. The van der Waals surface area contributed by atoms with Gasteiger partial charge in [0.25, 0.3) is 0 Å². The van der Waals surface area contributed by atoms with E-state index < -0.39 is 0 Å². The molecular formula is C25H32N2O2. The Hall–Kier alpha value is -2.46. The second-order valence-electron chi connectivity index (χ2n) is 8.26. The first-order chi connectivity index (χ1) is 14.0. The summed E-state index contributed by atoms with van der Waals surface area (Å²) >= 11 is 0. The van der Waals surface area contributed by atoms with Crippen LogP contribution in [0.1, 0.15) is 50.4 Å². The molecule has 0 aromatic heterocycles. The van der Waals surface area contributed by atoms with Crippen LogP contribution in [0.15, 0.2) is 48.5 Å². The van der Waals surface area contributed by atoms with E-state index >= 15 is 0 Å². The molecule has 0 bridgehead atoms. The number of anilines is 1. The third-order valence-electron chi connectivity index (χ3n) is 5.97. The lowest BCUT2D eigenvalue weighted by Crippen LogP contribution is -2.41. The van der Waals surface area contributed by atoms with Crippen LogP contribution in [0.5, 0.6) is 0 Å². The molecule has 0 spiro atoms. The minimum atomic E-state index is 0.0525. The van der Waals surface area contributed by atoms with E-state index in [1.165, 1.54) is 6.42 Å². The van der Waals surface area contributed by atoms with Crippen molar-refractivity contribution in [2.45, 2.75) is 40.0 Å². The van der Waals surface area contributed by atoms with E-state index in [1.807, 2.05) is 48.5 Å². The minimum absolute atomic E-state index is 0.0525. The van der Waals surface area contributed by atoms with Crippen molar-refractivity contribution in [3.63, 3.8) is 0 Å². The molecule has 154 valence electrons. The molecule has 4 nitrogen and oxygen atoms in total. The van der Waals surface area contributed by atoms with Gasteiger partial charge in [-0.2, -0.15) is 0 Å². The van der Waals surface area contributed by atoms with Gasteiger partial charge in [0.15, 0.2) is 5.78 Å². The number of hydrogen-bond acceptors (Lipinski definition) is 3. The molecule has 1 heterocycles. The van der Waals surface area contributed by atoms with E-state index in [-0.39, 0.29) is 11.7 Å². The fourth-order valence-corrected chi connectivity index (χ4v) is 4.23. The summed E-state index contributed by atoms with van der Waals surface area (Å²) in [6.45, 7) is 9.34. The number of benzene rings is 2. The molecule has 0 aliphatic carbocycles. The number of piperidine rings is 1. The lowest BCUT2D eigenvalue weighted by Gasteiger charge is -2.36. The molecule has 1 aliphatic heterocycles. The Morgan fingerprint density at radius 2 is 1.83 bits per heavy atom. The fourth-order valence-electron chi connectivity index (χ4n) is 4.23. The van der Waals surface area contributed by atoms with E-state index in [2.05, 4.69) is 24.1 Å². The van der Waals surface area contributed by atoms with E-state index in [0.717, 1.165) is 42.9 Å². The summed E-state index contributed by atoms with van der Waals surface area (Å²) < 4.78 is 0. The van der Waals surface area contributed by atoms with Crippen molar-refractivity contribution in [2.24, 2.45) is 11.8 Å². The van der Waals surface area contributed by atoms with Gasteiger partial charge in [-0.05, 0) is 68.0 Å². The van der Waals surface area contributed by atoms with Crippen LogP contribution >= 0.6 is 0 Å². The monoisotopic (exact) mass is 392 g/mol. The number of Topliss-reactive ketones (excluding diaryl/α,β-unsaturated/α-hetero) is 1. The van der Waals surface area contributed by atoms with Gasteiger partial charge in [0.1, 0.15) is 0 Å². The van der Waals surface area contributed by atoms with Crippen LogP contribution in [-0.4, -0.2) is 36.2 Å². The van der Waals surface area contributed by atoms with Gasteiger partial charge in [0.2, 0.25) is 5.91 Å². The standard InChI is InChI=1S/C25H32N2O2/c1-4-14-27-15-13-18(2)21(17-27)16-25(29)26-22-11-9-20(10-12-22)24-8-6-5-7-23(24)19(3)28/h5-12,18,21H,4,13-17H2,1-3H3,(H,26,29). The number of nitrogens with zero attached hydrogens (tertiary/aromatic N) is 1. The van der Waals surface area contributed by atoms with Crippen molar-refractivity contribution in [3.8, 4) is 11.1 Å².